The summed E-state index contributed by atoms with van der Waals surface area (Å²) >= 11 is 0. The minimum Gasteiger partial charge on any atom is -0.313 e. The standard InChI is InChI=1S/C20H29N/c1-2-6-15(7-3-1)14-21-20-18-10-11-19(20)13-17-9-5-4-8-16(17)12-18/h4-5,8-9,15,18-21H,1-3,6-7,10-14H2. The van der Waals surface area contributed by atoms with Crippen molar-refractivity contribution in [2.75, 3.05) is 6.54 Å². The van der Waals surface area contributed by atoms with Crippen LogP contribution >= 0.6 is 0 Å². The Labute approximate surface area is 129 Å². The second-order valence-corrected chi connectivity index (χ2v) is 7.71. The Morgan fingerprint density at radius 1 is 0.810 bits per heavy atom. The van der Waals surface area contributed by atoms with Gasteiger partial charge in [0.25, 0.3) is 0 Å². The lowest BCUT2D eigenvalue weighted by Crippen LogP contribution is -2.41. The fourth-order valence-electron chi connectivity index (χ4n) is 5.18. The summed E-state index contributed by atoms with van der Waals surface area (Å²) in [5.74, 6) is 2.74. The first-order valence-corrected chi connectivity index (χ1v) is 9.20. The van der Waals surface area contributed by atoms with Gasteiger partial charge in [-0.15, -0.1) is 0 Å². The summed E-state index contributed by atoms with van der Waals surface area (Å²) in [5, 5.41) is 4.03. The summed E-state index contributed by atoms with van der Waals surface area (Å²) in [6, 6.07) is 9.98. The van der Waals surface area contributed by atoms with Crippen LogP contribution in [-0.4, -0.2) is 12.6 Å². The molecule has 1 N–H and O–H groups in total. The molecule has 1 heteroatoms. The molecule has 2 bridgehead atoms. The van der Waals surface area contributed by atoms with Crippen molar-refractivity contribution in [1.82, 2.24) is 5.32 Å². The van der Waals surface area contributed by atoms with Gasteiger partial charge in [-0.05, 0) is 74.0 Å². The van der Waals surface area contributed by atoms with E-state index in [1.807, 2.05) is 0 Å². The lowest BCUT2D eigenvalue weighted by molar-refractivity contribution is 0.282. The Bertz CT molecular complexity index is 441. The first kappa shape index (κ1) is 13.8. The van der Waals surface area contributed by atoms with E-state index in [0.29, 0.717) is 0 Å². The largest absolute Gasteiger partial charge is 0.313 e. The maximum atomic E-state index is 4.03. The van der Waals surface area contributed by atoms with Crippen molar-refractivity contribution < 1.29 is 0 Å². The van der Waals surface area contributed by atoms with Gasteiger partial charge in [-0.1, -0.05) is 43.5 Å². The lowest BCUT2D eigenvalue weighted by Gasteiger charge is -2.28. The lowest BCUT2D eigenvalue weighted by atomic mass is 9.88. The average Bonchev–Trinajstić information content (AvgIpc) is 2.80. The van der Waals surface area contributed by atoms with Gasteiger partial charge in [0.2, 0.25) is 0 Å². The van der Waals surface area contributed by atoms with E-state index in [1.54, 1.807) is 11.1 Å². The molecule has 2 unspecified atom stereocenters. The zero-order valence-corrected chi connectivity index (χ0v) is 13.2. The van der Waals surface area contributed by atoms with Gasteiger partial charge in [0.15, 0.2) is 0 Å². The van der Waals surface area contributed by atoms with Crippen molar-refractivity contribution in [3.8, 4) is 0 Å². The number of hydrogen-bond acceptors (Lipinski definition) is 1. The molecule has 3 aliphatic carbocycles. The van der Waals surface area contributed by atoms with Crippen molar-refractivity contribution in [3.63, 3.8) is 0 Å². The van der Waals surface area contributed by atoms with E-state index < -0.39 is 0 Å². The highest BCUT2D eigenvalue weighted by molar-refractivity contribution is 5.30. The Hall–Kier alpha value is -0.820. The molecule has 2 fully saturated rings. The van der Waals surface area contributed by atoms with E-state index >= 15 is 0 Å². The third kappa shape index (κ3) is 2.90. The fourth-order valence-corrected chi connectivity index (χ4v) is 5.18. The summed E-state index contributed by atoms with van der Waals surface area (Å²) in [6.07, 6.45) is 12.9. The third-order valence-electron chi connectivity index (χ3n) is 6.37. The van der Waals surface area contributed by atoms with Crippen LogP contribution in [0.1, 0.15) is 56.1 Å². The average molecular weight is 283 g/mol. The molecule has 0 aliphatic heterocycles. The van der Waals surface area contributed by atoms with Gasteiger partial charge in [-0.25, -0.2) is 0 Å². The molecule has 1 aromatic rings. The summed E-state index contributed by atoms with van der Waals surface area (Å²) < 4.78 is 0. The second-order valence-electron chi connectivity index (χ2n) is 7.71. The zero-order valence-electron chi connectivity index (χ0n) is 13.2. The maximum absolute atomic E-state index is 4.03. The molecule has 3 aliphatic rings. The van der Waals surface area contributed by atoms with E-state index in [2.05, 4.69) is 29.6 Å². The molecule has 114 valence electrons. The predicted octanol–water partition coefficient (Wildman–Crippen LogP) is 4.35. The monoisotopic (exact) mass is 283 g/mol. The molecule has 1 nitrogen and oxygen atoms in total. The molecular weight excluding hydrogens is 254 g/mol. The fraction of sp³-hybridized carbons (Fsp3) is 0.700. The van der Waals surface area contributed by atoms with Gasteiger partial charge < -0.3 is 5.32 Å². The number of benzene rings is 1. The van der Waals surface area contributed by atoms with E-state index in [1.165, 1.54) is 64.3 Å². The third-order valence-corrected chi connectivity index (χ3v) is 6.37. The minimum atomic E-state index is 0.791. The highest BCUT2D eigenvalue weighted by Gasteiger charge is 2.38. The van der Waals surface area contributed by atoms with Gasteiger partial charge in [0.05, 0.1) is 0 Å². The van der Waals surface area contributed by atoms with E-state index in [-0.39, 0.29) is 0 Å². The molecule has 0 heterocycles. The summed E-state index contributed by atoms with van der Waals surface area (Å²) in [4.78, 5) is 0. The van der Waals surface area contributed by atoms with Crippen molar-refractivity contribution in [2.45, 2.75) is 63.8 Å². The molecule has 2 saturated carbocycles. The number of hydrogen-bond donors (Lipinski definition) is 1. The van der Waals surface area contributed by atoms with Crippen molar-refractivity contribution in [2.24, 2.45) is 17.8 Å². The molecule has 0 radical (unpaired) electrons. The van der Waals surface area contributed by atoms with Crippen LogP contribution in [0.4, 0.5) is 0 Å². The molecule has 2 atom stereocenters. The normalized spacial score (nSPS) is 32.7. The number of rotatable bonds is 3. The maximum Gasteiger partial charge on any atom is 0.0130 e. The number of fused-ring (bicyclic) bond motifs is 3. The molecule has 0 amide bonds. The van der Waals surface area contributed by atoms with Crippen LogP contribution in [0.15, 0.2) is 24.3 Å². The summed E-state index contributed by atoms with van der Waals surface area (Å²) in [5.41, 5.74) is 3.27. The van der Waals surface area contributed by atoms with Crippen LogP contribution in [0.25, 0.3) is 0 Å². The van der Waals surface area contributed by atoms with Gasteiger partial charge in [-0.3, -0.25) is 0 Å². The van der Waals surface area contributed by atoms with Crippen LogP contribution in [-0.2, 0) is 12.8 Å². The SMILES string of the molecule is c1ccc2c(c1)CC1CCC(C2)C1NCC1CCCCC1. The van der Waals surface area contributed by atoms with Crippen LogP contribution in [0.5, 0.6) is 0 Å². The molecule has 0 spiro atoms. The van der Waals surface area contributed by atoms with Gasteiger partial charge in [0, 0.05) is 6.04 Å². The Kier molecular flexibility index (Phi) is 4.03. The highest BCUT2D eigenvalue weighted by Crippen LogP contribution is 2.40. The topological polar surface area (TPSA) is 12.0 Å². The van der Waals surface area contributed by atoms with Crippen LogP contribution < -0.4 is 5.32 Å². The second kappa shape index (κ2) is 6.12. The van der Waals surface area contributed by atoms with E-state index in [9.17, 15) is 0 Å². The van der Waals surface area contributed by atoms with Crippen molar-refractivity contribution in [1.29, 1.82) is 0 Å². The molecular formula is C20H29N. The van der Waals surface area contributed by atoms with Gasteiger partial charge in [-0.2, -0.15) is 0 Å². The molecule has 21 heavy (non-hydrogen) atoms. The van der Waals surface area contributed by atoms with E-state index in [0.717, 1.165) is 23.8 Å². The molecule has 4 rings (SSSR count). The van der Waals surface area contributed by atoms with Crippen LogP contribution in [0.2, 0.25) is 0 Å². The van der Waals surface area contributed by atoms with Crippen LogP contribution in [0.3, 0.4) is 0 Å². The Morgan fingerprint density at radius 2 is 1.43 bits per heavy atom. The van der Waals surface area contributed by atoms with Gasteiger partial charge in [0.1, 0.15) is 0 Å². The minimum absolute atomic E-state index is 0.791. The summed E-state index contributed by atoms with van der Waals surface area (Å²) in [6.45, 7) is 1.29. The Morgan fingerprint density at radius 3 is 2.05 bits per heavy atom. The van der Waals surface area contributed by atoms with Crippen molar-refractivity contribution >= 4 is 0 Å². The highest BCUT2D eigenvalue weighted by atomic mass is 14.9. The molecule has 0 saturated heterocycles. The zero-order chi connectivity index (χ0) is 14.1. The molecule has 1 aromatic carbocycles. The predicted molar refractivity (Wildman–Crippen MR) is 88.4 cm³/mol. The Balaban J connectivity index is 1.42. The van der Waals surface area contributed by atoms with Gasteiger partial charge >= 0.3 is 0 Å². The first-order valence-electron chi connectivity index (χ1n) is 9.20. The molecule has 0 aromatic heterocycles. The smallest absolute Gasteiger partial charge is 0.0130 e. The van der Waals surface area contributed by atoms with E-state index in [4.69, 9.17) is 0 Å². The number of nitrogens with one attached hydrogen (secondary N) is 1. The van der Waals surface area contributed by atoms with Crippen LogP contribution in [0, 0.1) is 17.8 Å². The summed E-state index contributed by atoms with van der Waals surface area (Å²) in [7, 11) is 0. The van der Waals surface area contributed by atoms with Crippen molar-refractivity contribution in [3.05, 3.63) is 35.4 Å². The first-order chi connectivity index (χ1) is 10.4. The quantitative estimate of drug-likeness (QED) is 0.869.